The van der Waals surface area contributed by atoms with Gasteiger partial charge in [-0.1, -0.05) is 11.6 Å². The number of nitrogen functional groups attached to an aromatic ring is 1. The first kappa shape index (κ1) is 13.0. The van der Waals surface area contributed by atoms with Crippen molar-refractivity contribution in [3.8, 4) is 5.75 Å². The molecule has 1 aromatic rings. The van der Waals surface area contributed by atoms with Gasteiger partial charge in [0.2, 0.25) is 0 Å². The van der Waals surface area contributed by atoms with Crippen LogP contribution in [-0.4, -0.2) is 12.8 Å². The summed E-state index contributed by atoms with van der Waals surface area (Å²) < 4.78 is 40.5. The number of nitrogens with two attached hydrogens (primary N) is 1. The third kappa shape index (κ3) is 4.61. The number of ether oxygens (including phenoxy) is 1. The first-order valence-electron chi connectivity index (χ1n) is 4.63. The molecule has 1 aromatic carbocycles. The van der Waals surface area contributed by atoms with Crippen molar-refractivity contribution in [2.45, 2.75) is 19.0 Å². The predicted molar refractivity (Wildman–Crippen MR) is 56.6 cm³/mol. The van der Waals surface area contributed by atoms with E-state index in [2.05, 4.69) is 0 Å². The minimum Gasteiger partial charge on any atom is -0.494 e. The van der Waals surface area contributed by atoms with E-state index in [1.54, 1.807) is 12.1 Å². The zero-order chi connectivity index (χ0) is 12.2. The van der Waals surface area contributed by atoms with Crippen molar-refractivity contribution in [3.05, 3.63) is 23.2 Å². The third-order valence-electron chi connectivity index (χ3n) is 1.85. The summed E-state index contributed by atoms with van der Waals surface area (Å²) in [6, 6.07) is 4.58. The van der Waals surface area contributed by atoms with Crippen LogP contribution >= 0.6 is 11.6 Å². The molecule has 0 aliphatic carbocycles. The molecule has 0 heterocycles. The molecular weight excluding hydrogens is 243 g/mol. The van der Waals surface area contributed by atoms with Gasteiger partial charge in [0.15, 0.2) is 0 Å². The molecule has 0 radical (unpaired) electrons. The van der Waals surface area contributed by atoms with E-state index in [0.29, 0.717) is 16.5 Å². The number of anilines is 1. The van der Waals surface area contributed by atoms with Crippen molar-refractivity contribution in [2.75, 3.05) is 12.3 Å². The average molecular weight is 254 g/mol. The number of alkyl halides is 3. The van der Waals surface area contributed by atoms with Crippen molar-refractivity contribution in [1.29, 1.82) is 0 Å². The fourth-order valence-corrected chi connectivity index (χ4v) is 1.23. The Bertz CT molecular complexity index is 354. The van der Waals surface area contributed by atoms with Crippen LogP contribution in [0.15, 0.2) is 18.2 Å². The predicted octanol–water partition coefficient (Wildman–Crippen LogP) is 3.64. The van der Waals surface area contributed by atoms with Gasteiger partial charge in [0.1, 0.15) is 5.75 Å². The van der Waals surface area contributed by atoms with E-state index in [0.717, 1.165) is 0 Å². The Morgan fingerprint density at radius 3 is 2.56 bits per heavy atom. The van der Waals surface area contributed by atoms with Gasteiger partial charge in [0.05, 0.1) is 17.3 Å². The molecule has 0 amide bonds. The molecule has 2 nitrogen and oxygen atoms in total. The minimum absolute atomic E-state index is 0.000241. The lowest BCUT2D eigenvalue weighted by Gasteiger charge is -2.08. The Balaban J connectivity index is 2.35. The quantitative estimate of drug-likeness (QED) is 0.657. The Labute approximate surface area is 96.1 Å². The molecule has 0 atom stereocenters. The first-order valence-corrected chi connectivity index (χ1v) is 5.01. The molecule has 0 aromatic heterocycles. The van der Waals surface area contributed by atoms with Gasteiger partial charge in [0.25, 0.3) is 0 Å². The van der Waals surface area contributed by atoms with Crippen molar-refractivity contribution in [1.82, 2.24) is 0 Å². The van der Waals surface area contributed by atoms with Gasteiger partial charge in [-0.15, -0.1) is 0 Å². The number of hydrogen-bond donors (Lipinski definition) is 1. The molecule has 0 spiro atoms. The summed E-state index contributed by atoms with van der Waals surface area (Å²) in [5.74, 6) is 0.418. The number of rotatable bonds is 4. The highest BCUT2D eigenvalue weighted by Gasteiger charge is 2.26. The second-order valence-electron chi connectivity index (χ2n) is 3.25. The lowest BCUT2D eigenvalue weighted by atomic mass is 10.3. The molecule has 0 fully saturated rings. The maximum Gasteiger partial charge on any atom is 0.389 e. The van der Waals surface area contributed by atoms with E-state index in [1.807, 2.05) is 0 Å². The van der Waals surface area contributed by atoms with Crippen LogP contribution < -0.4 is 10.5 Å². The third-order valence-corrected chi connectivity index (χ3v) is 2.17. The van der Waals surface area contributed by atoms with Crippen LogP contribution in [0.5, 0.6) is 5.75 Å². The number of benzene rings is 1. The van der Waals surface area contributed by atoms with Gasteiger partial charge in [-0.2, -0.15) is 13.2 Å². The van der Waals surface area contributed by atoms with E-state index < -0.39 is 12.6 Å². The van der Waals surface area contributed by atoms with Crippen molar-refractivity contribution in [2.24, 2.45) is 0 Å². The van der Waals surface area contributed by atoms with Crippen LogP contribution in [0.1, 0.15) is 12.8 Å². The van der Waals surface area contributed by atoms with Crippen molar-refractivity contribution in [3.63, 3.8) is 0 Å². The SMILES string of the molecule is Nc1ccc(OCCCC(F)(F)F)cc1Cl. The molecule has 90 valence electrons. The maximum atomic E-state index is 11.8. The van der Waals surface area contributed by atoms with E-state index in [1.165, 1.54) is 6.07 Å². The molecule has 2 N–H and O–H groups in total. The summed E-state index contributed by atoms with van der Waals surface area (Å²) in [6.45, 7) is -0.000241. The second-order valence-corrected chi connectivity index (χ2v) is 3.66. The zero-order valence-electron chi connectivity index (χ0n) is 8.35. The summed E-state index contributed by atoms with van der Waals surface area (Å²) in [4.78, 5) is 0. The maximum absolute atomic E-state index is 11.8. The fourth-order valence-electron chi connectivity index (χ4n) is 1.06. The van der Waals surface area contributed by atoms with Gasteiger partial charge in [-0.05, 0) is 18.6 Å². The standard InChI is InChI=1S/C10H11ClF3NO/c11-8-6-7(2-3-9(8)15)16-5-1-4-10(12,13)14/h2-3,6H,1,4-5,15H2. The monoisotopic (exact) mass is 253 g/mol. The van der Waals surface area contributed by atoms with Gasteiger partial charge >= 0.3 is 6.18 Å². The molecule has 1 rings (SSSR count). The molecule has 0 saturated heterocycles. The largest absolute Gasteiger partial charge is 0.494 e. The van der Waals surface area contributed by atoms with Gasteiger partial charge in [0, 0.05) is 12.5 Å². The highest BCUT2D eigenvalue weighted by Crippen LogP contribution is 2.25. The Kier molecular flexibility index (Phi) is 4.29. The van der Waals surface area contributed by atoms with Crippen molar-refractivity contribution >= 4 is 17.3 Å². The summed E-state index contributed by atoms with van der Waals surface area (Å²) in [5, 5.41) is 0.327. The lowest BCUT2D eigenvalue weighted by molar-refractivity contribution is -0.136. The molecule has 6 heteroatoms. The molecular formula is C10H11ClF3NO. The van der Waals surface area contributed by atoms with Crippen LogP contribution in [0.2, 0.25) is 5.02 Å². The van der Waals surface area contributed by atoms with Crippen LogP contribution in [-0.2, 0) is 0 Å². The van der Waals surface area contributed by atoms with E-state index in [4.69, 9.17) is 22.1 Å². The Morgan fingerprint density at radius 2 is 2.00 bits per heavy atom. The fraction of sp³-hybridized carbons (Fsp3) is 0.400. The van der Waals surface area contributed by atoms with Crippen LogP contribution in [0.3, 0.4) is 0 Å². The summed E-state index contributed by atoms with van der Waals surface area (Å²) in [6.07, 6.45) is -5.07. The Hall–Kier alpha value is -1.10. The number of halogens is 4. The summed E-state index contributed by atoms with van der Waals surface area (Å²) >= 11 is 5.71. The van der Waals surface area contributed by atoms with Gasteiger partial charge in [-0.3, -0.25) is 0 Å². The van der Waals surface area contributed by atoms with E-state index in [9.17, 15) is 13.2 Å². The first-order chi connectivity index (χ1) is 7.38. The molecule has 16 heavy (non-hydrogen) atoms. The Morgan fingerprint density at radius 1 is 1.31 bits per heavy atom. The van der Waals surface area contributed by atoms with Crippen molar-refractivity contribution < 1.29 is 17.9 Å². The normalized spacial score (nSPS) is 11.5. The molecule has 0 saturated carbocycles. The number of hydrogen-bond acceptors (Lipinski definition) is 2. The van der Waals surface area contributed by atoms with Crippen LogP contribution in [0.4, 0.5) is 18.9 Å². The summed E-state index contributed by atoms with van der Waals surface area (Å²) in [7, 11) is 0. The van der Waals surface area contributed by atoms with E-state index in [-0.39, 0.29) is 13.0 Å². The van der Waals surface area contributed by atoms with Gasteiger partial charge in [-0.25, -0.2) is 0 Å². The molecule has 0 bridgehead atoms. The smallest absolute Gasteiger partial charge is 0.389 e. The highest BCUT2D eigenvalue weighted by atomic mass is 35.5. The summed E-state index contributed by atoms with van der Waals surface area (Å²) in [5.41, 5.74) is 5.87. The second kappa shape index (κ2) is 5.30. The minimum atomic E-state index is -4.14. The van der Waals surface area contributed by atoms with E-state index >= 15 is 0 Å². The highest BCUT2D eigenvalue weighted by molar-refractivity contribution is 6.33. The van der Waals surface area contributed by atoms with Crippen LogP contribution in [0, 0.1) is 0 Å². The molecule has 0 aliphatic heterocycles. The average Bonchev–Trinajstić information content (AvgIpc) is 2.17. The topological polar surface area (TPSA) is 35.2 Å². The zero-order valence-corrected chi connectivity index (χ0v) is 9.11. The molecule has 0 unspecified atom stereocenters. The molecule has 0 aliphatic rings. The van der Waals surface area contributed by atoms with Crippen LogP contribution in [0.25, 0.3) is 0 Å². The van der Waals surface area contributed by atoms with Gasteiger partial charge < -0.3 is 10.5 Å². The lowest BCUT2D eigenvalue weighted by Crippen LogP contribution is -2.09.